The monoisotopic (exact) mass is 267 g/mol. The molecule has 0 aromatic carbocycles. The third-order valence-corrected chi connectivity index (χ3v) is 3.57. The zero-order valence-corrected chi connectivity index (χ0v) is 11.5. The molecule has 1 aliphatic rings. The Bertz CT molecular complexity index is 425. The van der Waals surface area contributed by atoms with Crippen LogP contribution in [0.5, 0.6) is 0 Å². The van der Waals surface area contributed by atoms with Crippen LogP contribution in [0.15, 0.2) is 10.7 Å². The summed E-state index contributed by atoms with van der Waals surface area (Å²) in [4.78, 5) is 17.7. The fourth-order valence-corrected chi connectivity index (χ4v) is 2.37. The highest BCUT2D eigenvalue weighted by Crippen LogP contribution is 2.25. The van der Waals surface area contributed by atoms with Gasteiger partial charge in [0.25, 0.3) is 6.01 Å². The van der Waals surface area contributed by atoms with Crippen LogP contribution in [0.3, 0.4) is 0 Å². The number of anilines is 1. The largest absolute Gasteiger partial charge is 0.461 e. The SMILES string of the molecule is CCOC(=O)c1coc(N(C)C2CCC(N)CC2)n1. The number of oxazole rings is 1. The minimum atomic E-state index is -0.448. The van der Waals surface area contributed by atoms with Crippen molar-refractivity contribution < 1.29 is 13.9 Å². The number of aromatic nitrogens is 1. The number of hydrogen-bond acceptors (Lipinski definition) is 6. The van der Waals surface area contributed by atoms with Gasteiger partial charge < -0.3 is 19.8 Å². The second-order valence-corrected chi connectivity index (χ2v) is 4.92. The standard InChI is InChI=1S/C13H21N3O3/c1-3-18-12(17)11-8-19-13(15-11)16(2)10-6-4-9(14)5-7-10/h8-10H,3-7,14H2,1-2H3. The molecule has 0 radical (unpaired) electrons. The fraction of sp³-hybridized carbons (Fsp3) is 0.692. The quantitative estimate of drug-likeness (QED) is 0.834. The van der Waals surface area contributed by atoms with Crippen LogP contribution in [-0.2, 0) is 4.74 Å². The maximum absolute atomic E-state index is 11.5. The van der Waals surface area contributed by atoms with E-state index in [1.54, 1.807) is 6.92 Å². The van der Waals surface area contributed by atoms with Crippen molar-refractivity contribution in [3.8, 4) is 0 Å². The van der Waals surface area contributed by atoms with E-state index in [9.17, 15) is 4.79 Å². The summed E-state index contributed by atoms with van der Waals surface area (Å²) in [6, 6.07) is 1.14. The summed E-state index contributed by atoms with van der Waals surface area (Å²) in [6.45, 7) is 2.09. The molecule has 106 valence electrons. The van der Waals surface area contributed by atoms with Gasteiger partial charge in [-0.25, -0.2) is 4.79 Å². The zero-order valence-electron chi connectivity index (χ0n) is 11.5. The molecule has 2 N–H and O–H groups in total. The van der Waals surface area contributed by atoms with Gasteiger partial charge in [0.15, 0.2) is 5.69 Å². The first-order valence-electron chi connectivity index (χ1n) is 6.73. The molecule has 0 saturated heterocycles. The molecule has 6 nitrogen and oxygen atoms in total. The van der Waals surface area contributed by atoms with E-state index in [-0.39, 0.29) is 5.69 Å². The Morgan fingerprint density at radius 2 is 2.21 bits per heavy atom. The molecular formula is C13H21N3O3. The van der Waals surface area contributed by atoms with Gasteiger partial charge in [0.05, 0.1) is 6.61 Å². The van der Waals surface area contributed by atoms with Crippen molar-refractivity contribution in [2.24, 2.45) is 5.73 Å². The average Bonchev–Trinajstić information content (AvgIpc) is 2.89. The molecule has 0 atom stereocenters. The van der Waals surface area contributed by atoms with Crippen molar-refractivity contribution in [2.75, 3.05) is 18.6 Å². The van der Waals surface area contributed by atoms with Crippen LogP contribution in [0.4, 0.5) is 6.01 Å². The molecule has 0 amide bonds. The Morgan fingerprint density at radius 3 is 2.84 bits per heavy atom. The first kappa shape index (κ1) is 13.9. The van der Waals surface area contributed by atoms with Gasteiger partial charge in [-0.3, -0.25) is 0 Å². The normalized spacial score (nSPS) is 23.1. The minimum Gasteiger partial charge on any atom is -0.461 e. The predicted octanol–water partition coefficient (Wildman–Crippen LogP) is 1.56. The summed E-state index contributed by atoms with van der Waals surface area (Å²) in [7, 11) is 1.93. The topological polar surface area (TPSA) is 81.6 Å². The number of esters is 1. The van der Waals surface area contributed by atoms with E-state index in [2.05, 4.69) is 4.98 Å². The van der Waals surface area contributed by atoms with Crippen molar-refractivity contribution in [3.63, 3.8) is 0 Å². The third-order valence-electron chi connectivity index (χ3n) is 3.57. The molecular weight excluding hydrogens is 246 g/mol. The van der Waals surface area contributed by atoms with E-state index in [0.29, 0.717) is 24.7 Å². The molecule has 1 saturated carbocycles. The van der Waals surface area contributed by atoms with Gasteiger partial charge in [-0.05, 0) is 32.6 Å². The van der Waals surface area contributed by atoms with Crippen LogP contribution in [-0.4, -0.2) is 36.7 Å². The lowest BCUT2D eigenvalue weighted by atomic mass is 9.91. The number of hydrogen-bond donors (Lipinski definition) is 1. The number of rotatable bonds is 4. The summed E-state index contributed by atoms with van der Waals surface area (Å²) < 4.78 is 10.2. The molecule has 0 unspecified atom stereocenters. The van der Waals surface area contributed by atoms with Crippen LogP contribution in [0.25, 0.3) is 0 Å². The summed E-state index contributed by atoms with van der Waals surface area (Å²) in [5.74, 6) is -0.448. The third kappa shape index (κ3) is 3.26. The second kappa shape index (κ2) is 6.06. The maximum atomic E-state index is 11.5. The molecule has 1 aromatic rings. The number of carbonyl (C=O) groups is 1. The van der Waals surface area contributed by atoms with Crippen molar-refractivity contribution in [1.29, 1.82) is 0 Å². The van der Waals surface area contributed by atoms with Gasteiger partial charge in [0.2, 0.25) is 0 Å². The molecule has 1 aliphatic carbocycles. The number of ether oxygens (including phenoxy) is 1. The molecule has 6 heteroatoms. The maximum Gasteiger partial charge on any atom is 0.360 e. The van der Waals surface area contributed by atoms with Crippen LogP contribution >= 0.6 is 0 Å². The first-order chi connectivity index (χ1) is 9.11. The molecule has 0 spiro atoms. The number of nitrogens with two attached hydrogens (primary N) is 1. The predicted molar refractivity (Wildman–Crippen MR) is 71.1 cm³/mol. The van der Waals surface area contributed by atoms with Crippen molar-refractivity contribution >= 4 is 12.0 Å². The summed E-state index contributed by atoms with van der Waals surface area (Å²) in [6.07, 6.45) is 5.42. The van der Waals surface area contributed by atoms with Gasteiger partial charge in [0.1, 0.15) is 6.26 Å². The molecule has 1 fully saturated rings. The number of nitrogens with zero attached hydrogens (tertiary/aromatic N) is 2. The van der Waals surface area contributed by atoms with E-state index in [4.69, 9.17) is 14.9 Å². The lowest BCUT2D eigenvalue weighted by molar-refractivity contribution is 0.0519. The molecule has 2 rings (SSSR count). The van der Waals surface area contributed by atoms with Crippen LogP contribution in [0.1, 0.15) is 43.1 Å². The van der Waals surface area contributed by atoms with E-state index in [1.807, 2.05) is 11.9 Å². The zero-order chi connectivity index (χ0) is 13.8. The molecule has 0 bridgehead atoms. The lowest BCUT2D eigenvalue weighted by Crippen LogP contribution is -2.38. The van der Waals surface area contributed by atoms with Crippen molar-refractivity contribution in [3.05, 3.63) is 12.0 Å². The summed E-state index contributed by atoms with van der Waals surface area (Å²) >= 11 is 0. The Morgan fingerprint density at radius 1 is 1.53 bits per heavy atom. The van der Waals surface area contributed by atoms with Gasteiger partial charge in [-0.15, -0.1) is 0 Å². The Hall–Kier alpha value is -1.56. The highest BCUT2D eigenvalue weighted by atomic mass is 16.5. The van der Waals surface area contributed by atoms with Gasteiger partial charge in [-0.2, -0.15) is 4.98 Å². The Balaban J connectivity index is 1.99. The van der Waals surface area contributed by atoms with Crippen molar-refractivity contribution in [1.82, 2.24) is 4.98 Å². The van der Waals surface area contributed by atoms with E-state index in [1.165, 1.54) is 6.26 Å². The van der Waals surface area contributed by atoms with Gasteiger partial charge in [0, 0.05) is 19.1 Å². The Labute approximate surface area is 112 Å². The first-order valence-corrected chi connectivity index (χ1v) is 6.73. The van der Waals surface area contributed by atoms with Gasteiger partial charge in [-0.1, -0.05) is 0 Å². The average molecular weight is 267 g/mol. The smallest absolute Gasteiger partial charge is 0.360 e. The lowest BCUT2D eigenvalue weighted by Gasteiger charge is -2.32. The van der Waals surface area contributed by atoms with E-state index >= 15 is 0 Å². The van der Waals surface area contributed by atoms with Crippen LogP contribution < -0.4 is 10.6 Å². The van der Waals surface area contributed by atoms with Crippen LogP contribution in [0.2, 0.25) is 0 Å². The van der Waals surface area contributed by atoms with Gasteiger partial charge >= 0.3 is 5.97 Å². The summed E-state index contributed by atoms with van der Waals surface area (Å²) in [5, 5.41) is 0. The fourth-order valence-electron chi connectivity index (χ4n) is 2.37. The molecule has 1 aromatic heterocycles. The molecule has 0 aliphatic heterocycles. The minimum absolute atomic E-state index is 0.219. The Kier molecular flexibility index (Phi) is 4.42. The summed E-state index contributed by atoms with van der Waals surface area (Å²) in [5.41, 5.74) is 6.11. The van der Waals surface area contributed by atoms with Crippen molar-refractivity contribution in [2.45, 2.75) is 44.7 Å². The number of carbonyl (C=O) groups excluding carboxylic acids is 1. The molecule has 19 heavy (non-hydrogen) atoms. The second-order valence-electron chi connectivity index (χ2n) is 4.92. The highest BCUT2D eigenvalue weighted by molar-refractivity contribution is 5.87. The highest BCUT2D eigenvalue weighted by Gasteiger charge is 2.25. The molecule has 1 heterocycles. The van der Waals surface area contributed by atoms with Crippen LogP contribution in [0, 0.1) is 0 Å². The van der Waals surface area contributed by atoms with E-state index < -0.39 is 5.97 Å². The van der Waals surface area contributed by atoms with E-state index in [0.717, 1.165) is 25.7 Å².